The van der Waals surface area contributed by atoms with Gasteiger partial charge in [-0.15, -0.1) is 11.8 Å². The molecule has 2 rings (SSSR count). The first-order valence-electron chi connectivity index (χ1n) is 10.9. The molecular formula is C25H32ClFN2O2S. The van der Waals surface area contributed by atoms with Crippen LogP contribution >= 0.6 is 23.4 Å². The van der Waals surface area contributed by atoms with Crippen molar-refractivity contribution in [3.63, 3.8) is 0 Å². The Bertz CT molecular complexity index is 904. The molecule has 0 heterocycles. The predicted octanol–water partition coefficient (Wildman–Crippen LogP) is 5.74. The fraction of sp³-hybridized carbons (Fsp3) is 0.440. The molecule has 7 heteroatoms. The lowest BCUT2D eigenvalue weighted by molar-refractivity contribution is -0.139. The Morgan fingerprint density at radius 1 is 1.16 bits per heavy atom. The highest BCUT2D eigenvalue weighted by molar-refractivity contribution is 7.99. The largest absolute Gasteiger partial charge is 0.352 e. The number of nitrogens with one attached hydrogen (secondary N) is 1. The van der Waals surface area contributed by atoms with Crippen molar-refractivity contribution >= 4 is 35.2 Å². The highest BCUT2D eigenvalue weighted by atomic mass is 35.5. The van der Waals surface area contributed by atoms with Gasteiger partial charge < -0.3 is 10.2 Å². The number of nitrogens with zero attached hydrogens (tertiary/aromatic N) is 1. The van der Waals surface area contributed by atoms with Crippen LogP contribution < -0.4 is 5.32 Å². The average molecular weight is 479 g/mol. The third-order valence-electron chi connectivity index (χ3n) is 5.36. The molecule has 0 saturated heterocycles. The van der Waals surface area contributed by atoms with Crippen molar-refractivity contribution in [1.29, 1.82) is 0 Å². The van der Waals surface area contributed by atoms with Gasteiger partial charge in [0.05, 0.1) is 5.75 Å². The van der Waals surface area contributed by atoms with Crippen molar-refractivity contribution in [2.75, 3.05) is 5.75 Å². The standard InChI is InChI=1S/C25H32ClFN2O2S/c1-5-18(4)28-25(31)23(6-2)29(14-19-10-7-9-17(3)13-19)24(30)16-32-15-20-21(26)11-8-12-22(20)27/h7-13,18,23H,5-6,14-16H2,1-4H3,(H,28,31). The molecule has 1 N–H and O–H groups in total. The number of benzene rings is 2. The number of halogens is 2. The van der Waals surface area contributed by atoms with Crippen molar-refractivity contribution < 1.29 is 14.0 Å². The van der Waals surface area contributed by atoms with Gasteiger partial charge in [0.1, 0.15) is 11.9 Å². The van der Waals surface area contributed by atoms with Crippen molar-refractivity contribution in [2.24, 2.45) is 0 Å². The van der Waals surface area contributed by atoms with Crippen molar-refractivity contribution in [2.45, 2.75) is 64.9 Å². The van der Waals surface area contributed by atoms with Crippen LogP contribution in [0.1, 0.15) is 50.3 Å². The van der Waals surface area contributed by atoms with Crippen LogP contribution in [-0.2, 0) is 21.9 Å². The van der Waals surface area contributed by atoms with E-state index < -0.39 is 6.04 Å². The van der Waals surface area contributed by atoms with Gasteiger partial charge in [-0.05, 0) is 44.4 Å². The summed E-state index contributed by atoms with van der Waals surface area (Å²) in [6, 6.07) is 11.9. The van der Waals surface area contributed by atoms with E-state index in [4.69, 9.17) is 11.6 Å². The summed E-state index contributed by atoms with van der Waals surface area (Å²) in [5.74, 6) is -0.275. The van der Waals surface area contributed by atoms with Gasteiger partial charge in [-0.1, -0.05) is 61.3 Å². The zero-order valence-corrected chi connectivity index (χ0v) is 20.7. The number of hydrogen-bond acceptors (Lipinski definition) is 3. The molecule has 0 bridgehead atoms. The molecule has 2 atom stereocenters. The number of thioether (sulfide) groups is 1. The van der Waals surface area contributed by atoms with Gasteiger partial charge >= 0.3 is 0 Å². The van der Waals surface area contributed by atoms with E-state index >= 15 is 0 Å². The Morgan fingerprint density at radius 2 is 1.88 bits per heavy atom. The third-order valence-corrected chi connectivity index (χ3v) is 6.65. The van der Waals surface area contributed by atoms with Crippen LogP contribution in [0.4, 0.5) is 4.39 Å². The average Bonchev–Trinajstić information content (AvgIpc) is 2.75. The summed E-state index contributed by atoms with van der Waals surface area (Å²) in [6.45, 7) is 8.20. The molecule has 0 aliphatic carbocycles. The lowest BCUT2D eigenvalue weighted by Gasteiger charge is -2.31. The number of carbonyl (C=O) groups is 2. The van der Waals surface area contributed by atoms with E-state index in [1.807, 2.05) is 52.0 Å². The molecule has 0 fully saturated rings. The quantitative estimate of drug-likeness (QED) is 0.447. The van der Waals surface area contributed by atoms with Gasteiger partial charge in [-0.3, -0.25) is 9.59 Å². The minimum absolute atomic E-state index is 0.0324. The maximum Gasteiger partial charge on any atom is 0.243 e. The molecule has 0 radical (unpaired) electrons. The van der Waals surface area contributed by atoms with Crippen molar-refractivity contribution in [3.05, 3.63) is 70.0 Å². The first-order valence-corrected chi connectivity index (χ1v) is 12.5. The Balaban J connectivity index is 2.18. The Kier molecular flexibility index (Phi) is 10.5. The van der Waals surface area contributed by atoms with Crippen LogP contribution in [0.2, 0.25) is 5.02 Å². The fourth-order valence-corrected chi connectivity index (χ4v) is 4.61. The van der Waals surface area contributed by atoms with Crippen molar-refractivity contribution in [1.82, 2.24) is 10.2 Å². The van der Waals surface area contributed by atoms with Gasteiger partial charge in [0.15, 0.2) is 0 Å². The van der Waals surface area contributed by atoms with Gasteiger partial charge in [0.2, 0.25) is 11.8 Å². The molecule has 2 aromatic carbocycles. The summed E-state index contributed by atoms with van der Waals surface area (Å²) < 4.78 is 14.1. The van der Waals surface area contributed by atoms with Crippen molar-refractivity contribution in [3.8, 4) is 0 Å². The Labute approximate surface area is 199 Å². The first-order chi connectivity index (χ1) is 15.3. The van der Waals surface area contributed by atoms with E-state index in [0.717, 1.165) is 17.5 Å². The monoisotopic (exact) mass is 478 g/mol. The molecule has 0 saturated carbocycles. The molecule has 2 amide bonds. The maximum absolute atomic E-state index is 14.1. The van der Waals surface area contributed by atoms with Crippen LogP contribution in [0.15, 0.2) is 42.5 Å². The third kappa shape index (κ3) is 7.52. The van der Waals surface area contributed by atoms with E-state index in [1.54, 1.807) is 17.0 Å². The fourth-order valence-electron chi connectivity index (χ4n) is 3.36. The van der Waals surface area contributed by atoms with Crippen LogP contribution in [0.3, 0.4) is 0 Å². The molecule has 2 unspecified atom stereocenters. The molecule has 0 aliphatic heterocycles. The molecule has 0 aliphatic rings. The summed E-state index contributed by atoms with van der Waals surface area (Å²) >= 11 is 7.40. The minimum Gasteiger partial charge on any atom is -0.352 e. The lowest BCUT2D eigenvalue weighted by atomic mass is 10.1. The molecule has 174 valence electrons. The highest BCUT2D eigenvalue weighted by Crippen LogP contribution is 2.25. The summed E-state index contributed by atoms with van der Waals surface area (Å²) in [5.41, 5.74) is 2.45. The molecule has 0 spiro atoms. The Hall–Kier alpha value is -2.05. The van der Waals surface area contributed by atoms with Crippen LogP contribution in [0.5, 0.6) is 0 Å². The summed E-state index contributed by atoms with van der Waals surface area (Å²) in [7, 11) is 0. The summed E-state index contributed by atoms with van der Waals surface area (Å²) in [4.78, 5) is 27.8. The SMILES string of the molecule is CCC(C)NC(=O)C(CC)N(Cc1cccc(C)c1)C(=O)CSCc1c(F)cccc1Cl. The molecular weight excluding hydrogens is 447 g/mol. The zero-order valence-electron chi connectivity index (χ0n) is 19.2. The smallest absolute Gasteiger partial charge is 0.243 e. The normalized spacial score (nSPS) is 12.8. The second-order valence-corrected chi connectivity index (χ2v) is 9.34. The second-order valence-electron chi connectivity index (χ2n) is 7.95. The first kappa shape index (κ1) is 26.2. The topological polar surface area (TPSA) is 49.4 Å². The van der Waals surface area contributed by atoms with Crippen LogP contribution in [0, 0.1) is 12.7 Å². The van der Waals surface area contributed by atoms with E-state index in [1.165, 1.54) is 17.8 Å². The van der Waals surface area contributed by atoms with Gasteiger partial charge in [-0.2, -0.15) is 0 Å². The number of hydrogen-bond donors (Lipinski definition) is 1. The van der Waals surface area contributed by atoms with Gasteiger partial charge in [0.25, 0.3) is 0 Å². The highest BCUT2D eigenvalue weighted by Gasteiger charge is 2.29. The summed E-state index contributed by atoms with van der Waals surface area (Å²) in [5, 5.41) is 3.35. The predicted molar refractivity (Wildman–Crippen MR) is 131 cm³/mol. The molecule has 32 heavy (non-hydrogen) atoms. The maximum atomic E-state index is 14.1. The summed E-state index contributed by atoms with van der Waals surface area (Å²) in [6.07, 6.45) is 1.32. The van der Waals surface area contributed by atoms with Gasteiger partial charge in [-0.25, -0.2) is 4.39 Å². The van der Waals surface area contributed by atoms with E-state index in [-0.39, 0.29) is 35.2 Å². The lowest BCUT2D eigenvalue weighted by Crippen LogP contribution is -2.51. The van der Waals surface area contributed by atoms with Crippen LogP contribution in [0.25, 0.3) is 0 Å². The minimum atomic E-state index is -0.574. The Morgan fingerprint density at radius 3 is 2.50 bits per heavy atom. The number of amides is 2. The zero-order chi connectivity index (χ0) is 23.7. The van der Waals surface area contributed by atoms with Gasteiger partial charge in [0, 0.05) is 28.9 Å². The number of aryl methyl sites for hydroxylation is 1. The second kappa shape index (κ2) is 12.9. The van der Waals surface area contributed by atoms with E-state index in [0.29, 0.717) is 23.6 Å². The number of carbonyl (C=O) groups excluding carboxylic acids is 2. The molecule has 0 aromatic heterocycles. The molecule has 4 nitrogen and oxygen atoms in total. The van der Waals surface area contributed by atoms with Crippen LogP contribution in [-0.4, -0.2) is 34.6 Å². The van der Waals surface area contributed by atoms with E-state index in [9.17, 15) is 14.0 Å². The molecule has 2 aromatic rings. The van der Waals surface area contributed by atoms with E-state index in [2.05, 4.69) is 5.32 Å². The number of rotatable bonds is 11.